The van der Waals surface area contributed by atoms with E-state index in [0.29, 0.717) is 0 Å². The van der Waals surface area contributed by atoms with Crippen molar-refractivity contribution < 1.29 is 42.9 Å². The lowest BCUT2D eigenvalue weighted by Gasteiger charge is -2.36. The second-order valence-corrected chi connectivity index (χ2v) is 15.7. The van der Waals surface area contributed by atoms with Gasteiger partial charge in [0.05, 0.1) is 41.3 Å². The van der Waals surface area contributed by atoms with Crippen molar-refractivity contribution in [2.75, 3.05) is 54.4 Å². The molecule has 44 heavy (non-hydrogen) atoms. The molecular weight excluding hydrogens is 668 g/mol. The molecule has 270 valence electrons. The molecule has 0 saturated carbocycles. The Bertz CT molecular complexity index is 524. The smallest absolute Gasteiger partial charge is 0.128 e. The fourth-order valence-electron chi connectivity index (χ4n) is 6.59. The molecule has 0 amide bonds. The van der Waals surface area contributed by atoms with Crippen molar-refractivity contribution in [2.45, 2.75) is 206 Å². The summed E-state index contributed by atoms with van der Waals surface area (Å²) in [6, 6.07) is 0. The first kappa shape index (κ1) is 49.3. The van der Waals surface area contributed by atoms with E-state index in [2.05, 4.69) is 42.0 Å². The Balaban J connectivity index is -0.00000840. The highest BCUT2D eigenvalue weighted by molar-refractivity contribution is 4.52. The molecule has 0 bridgehead atoms. The number of hydrogen-bond acceptors (Lipinski definition) is 0. The Kier molecular flexibility index (Phi) is 41.1. The molecule has 0 aromatic rings. The number of rotatable bonds is 35. The predicted octanol–water partition coefficient (Wildman–Crippen LogP) is 6.89. The highest BCUT2D eigenvalue weighted by Crippen LogP contribution is 2.16. The van der Waals surface area contributed by atoms with E-state index in [4.69, 9.17) is 0 Å². The first-order valence-corrected chi connectivity index (χ1v) is 20.0. The summed E-state index contributed by atoms with van der Waals surface area (Å²) < 4.78 is 2.41. The molecule has 0 heterocycles. The van der Waals surface area contributed by atoms with Crippen LogP contribution < -0.4 is 34.0 Å². The molecule has 0 radical (unpaired) electrons. The van der Waals surface area contributed by atoms with E-state index in [1.807, 2.05) is 0 Å². The molecule has 0 aromatic heterocycles. The van der Waals surface area contributed by atoms with Crippen LogP contribution in [0.3, 0.4) is 0 Å². The van der Waals surface area contributed by atoms with Crippen LogP contribution in [0.4, 0.5) is 0 Å². The maximum atomic E-state index is 2.47. The molecule has 0 fully saturated rings. The van der Waals surface area contributed by atoms with Gasteiger partial charge in [0.25, 0.3) is 0 Å². The summed E-state index contributed by atoms with van der Waals surface area (Å²) in [6.45, 7) is 9.98. The van der Waals surface area contributed by atoms with Crippen molar-refractivity contribution in [1.82, 2.24) is 0 Å². The molecule has 0 atom stereocenters. The van der Waals surface area contributed by atoms with E-state index < -0.39 is 0 Å². The third-order valence-electron chi connectivity index (χ3n) is 10.0. The van der Waals surface area contributed by atoms with Crippen molar-refractivity contribution in [2.24, 2.45) is 0 Å². The zero-order valence-electron chi connectivity index (χ0n) is 31.7. The highest BCUT2D eigenvalue weighted by atomic mass is 79.9. The summed E-state index contributed by atoms with van der Waals surface area (Å²) in [7, 11) is 9.87. The summed E-state index contributed by atoms with van der Waals surface area (Å²) in [4.78, 5) is 0. The molecule has 2 nitrogen and oxygen atoms in total. The fraction of sp³-hybridized carbons (Fsp3) is 1.00. The van der Waals surface area contributed by atoms with Crippen LogP contribution in [-0.2, 0) is 0 Å². The Morgan fingerprint density at radius 3 is 0.568 bits per heavy atom. The predicted molar refractivity (Wildman–Crippen MR) is 194 cm³/mol. The third-order valence-corrected chi connectivity index (χ3v) is 10.0. The molecule has 0 rings (SSSR count). The lowest BCUT2D eigenvalue weighted by molar-refractivity contribution is -0.946. The van der Waals surface area contributed by atoms with E-state index >= 15 is 0 Å². The summed E-state index contributed by atoms with van der Waals surface area (Å²) >= 11 is 0. The molecule has 0 aliphatic heterocycles. The summed E-state index contributed by atoms with van der Waals surface area (Å²) in [6.07, 6.45) is 43.7. The summed E-state index contributed by atoms with van der Waals surface area (Å²) in [5.74, 6) is 0. The minimum absolute atomic E-state index is 0. The largest absolute Gasteiger partial charge is 1.00 e. The minimum atomic E-state index is 0. The number of hydrogen-bond donors (Lipinski definition) is 0. The monoisotopic (exact) mass is 753 g/mol. The van der Waals surface area contributed by atoms with Crippen molar-refractivity contribution in [3.05, 3.63) is 0 Å². The number of quaternary nitrogens is 2. The molecule has 0 aliphatic rings. The van der Waals surface area contributed by atoms with Crippen molar-refractivity contribution >= 4 is 0 Å². The number of likely N-dealkylation sites (N-methyl/N-ethyl adjacent to an activating group) is 2. The summed E-state index contributed by atoms with van der Waals surface area (Å²) in [5, 5.41) is 0. The highest BCUT2D eigenvalue weighted by Gasteiger charge is 2.22. The number of halogens is 2. The van der Waals surface area contributed by atoms with Crippen LogP contribution in [0.2, 0.25) is 0 Å². The van der Waals surface area contributed by atoms with Crippen molar-refractivity contribution in [1.29, 1.82) is 0 Å². The van der Waals surface area contributed by atoms with E-state index in [9.17, 15) is 0 Å². The van der Waals surface area contributed by atoms with Gasteiger partial charge in [-0.05, 0) is 25.7 Å². The van der Waals surface area contributed by atoms with E-state index in [1.165, 1.54) is 228 Å². The molecule has 4 heteroatoms. The van der Waals surface area contributed by atoms with Gasteiger partial charge in [-0.25, -0.2) is 0 Å². The van der Waals surface area contributed by atoms with Gasteiger partial charge in [0.1, 0.15) is 13.1 Å². The molecular formula is C40H86Br2N2. The van der Waals surface area contributed by atoms with Gasteiger partial charge in [0.15, 0.2) is 0 Å². The van der Waals surface area contributed by atoms with Crippen LogP contribution in [0.5, 0.6) is 0 Å². The molecule has 0 aliphatic carbocycles. The average Bonchev–Trinajstić information content (AvgIpc) is 2.96. The average molecular weight is 755 g/mol. The van der Waals surface area contributed by atoms with Crippen LogP contribution >= 0.6 is 0 Å². The van der Waals surface area contributed by atoms with Crippen LogP contribution in [-0.4, -0.2) is 63.3 Å². The SMILES string of the molecule is CCCCCCCCCCCCCCCCCCCC[N+](C)(C)CC[N+](C)(C)CCCCCCCCCCCCCC.[Br-].[Br-]. The molecule has 0 saturated heterocycles. The maximum absolute atomic E-state index is 2.47. The maximum Gasteiger partial charge on any atom is 0.128 e. The Hall–Kier alpha value is 0.880. The third kappa shape index (κ3) is 39.1. The van der Waals surface area contributed by atoms with Gasteiger partial charge < -0.3 is 42.9 Å². The molecule has 0 unspecified atom stereocenters. The molecule has 0 spiro atoms. The van der Waals surface area contributed by atoms with E-state index in [1.54, 1.807) is 0 Å². The first-order chi connectivity index (χ1) is 20.3. The normalized spacial score (nSPS) is 11.9. The van der Waals surface area contributed by atoms with Gasteiger partial charge in [0, 0.05) is 0 Å². The topological polar surface area (TPSA) is 0 Å². The second kappa shape index (κ2) is 36.7. The zero-order valence-corrected chi connectivity index (χ0v) is 34.9. The first-order valence-electron chi connectivity index (χ1n) is 20.0. The standard InChI is InChI=1S/C40H86N2.2BrH/c1-7-9-11-13-15-17-19-21-22-23-24-25-26-28-30-32-34-36-38-42(5,6)40-39-41(3,4)37-35-33-31-29-27-20-18-16-14-12-10-8-2;;/h7-40H2,1-6H3;2*1H/q+2;;/p-2. The van der Waals surface area contributed by atoms with E-state index in [-0.39, 0.29) is 34.0 Å². The Labute approximate surface area is 302 Å². The molecule has 0 N–H and O–H groups in total. The van der Waals surface area contributed by atoms with Gasteiger partial charge >= 0.3 is 0 Å². The number of nitrogens with zero attached hydrogens (tertiary/aromatic N) is 2. The van der Waals surface area contributed by atoms with Crippen LogP contribution in [0, 0.1) is 0 Å². The quantitative estimate of drug-likeness (QED) is 0.0489. The van der Waals surface area contributed by atoms with Gasteiger partial charge in [-0.15, -0.1) is 0 Å². The van der Waals surface area contributed by atoms with Gasteiger partial charge in [-0.2, -0.15) is 0 Å². The molecule has 0 aromatic carbocycles. The number of unbranched alkanes of at least 4 members (excludes halogenated alkanes) is 28. The zero-order chi connectivity index (χ0) is 31.0. The Morgan fingerprint density at radius 2 is 0.386 bits per heavy atom. The summed E-state index contributed by atoms with van der Waals surface area (Å²) in [5.41, 5.74) is 0. The fourth-order valence-corrected chi connectivity index (χ4v) is 6.59. The van der Waals surface area contributed by atoms with Crippen molar-refractivity contribution in [3.63, 3.8) is 0 Å². The van der Waals surface area contributed by atoms with Crippen LogP contribution in [0.25, 0.3) is 0 Å². The lowest BCUT2D eigenvalue weighted by Crippen LogP contribution is -3.00. The second-order valence-electron chi connectivity index (χ2n) is 15.7. The Morgan fingerprint density at radius 1 is 0.227 bits per heavy atom. The van der Waals surface area contributed by atoms with E-state index in [0.717, 1.165) is 0 Å². The van der Waals surface area contributed by atoms with Crippen molar-refractivity contribution in [3.8, 4) is 0 Å². The van der Waals surface area contributed by atoms with Gasteiger partial charge in [-0.3, -0.25) is 0 Å². The van der Waals surface area contributed by atoms with Gasteiger partial charge in [0.2, 0.25) is 0 Å². The van der Waals surface area contributed by atoms with Crippen LogP contribution in [0.15, 0.2) is 0 Å². The lowest BCUT2D eigenvalue weighted by atomic mass is 10.0. The van der Waals surface area contributed by atoms with Crippen LogP contribution in [0.1, 0.15) is 206 Å². The van der Waals surface area contributed by atoms with Gasteiger partial charge in [-0.1, -0.05) is 181 Å². The minimum Gasteiger partial charge on any atom is -1.00 e.